The van der Waals surface area contributed by atoms with Gasteiger partial charge >= 0.3 is 5.97 Å². The summed E-state index contributed by atoms with van der Waals surface area (Å²) in [5.41, 5.74) is 0.558. The summed E-state index contributed by atoms with van der Waals surface area (Å²) in [4.78, 5) is 42.8. The Morgan fingerprint density at radius 2 is 2.00 bits per heavy atom. The number of esters is 1. The molecule has 0 saturated carbocycles. The number of fused-ring (bicyclic) bond motifs is 2. The van der Waals surface area contributed by atoms with Crippen molar-refractivity contribution in [2.45, 2.75) is 20.4 Å². The van der Waals surface area contributed by atoms with Crippen molar-refractivity contribution in [3.8, 4) is 11.5 Å². The van der Waals surface area contributed by atoms with Crippen molar-refractivity contribution >= 4 is 33.3 Å². The molecule has 0 N–H and O–H groups in total. The topological polar surface area (TPSA) is 96.7 Å². The van der Waals surface area contributed by atoms with Crippen LogP contribution in [-0.4, -0.2) is 41.1 Å². The van der Waals surface area contributed by atoms with E-state index >= 15 is 0 Å². The molecular formula is C20H18N2O6S. The van der Waals surface area contributed by atoms with Gasteiger partial charge in [-0.15, -0.1) is 11.3 Å². The third-order valence-electron chi connectivity index (χ3n) is 4.56. The first-order valence-electron chi connectivity index (χ1n) is 9.08. The average molecular weight is 414 g/mol. The Kier molecular flexibility index (Phi) is 5.06. The van der Waals surface area contributed by atoms with Gasteiger partial charge < -0.3 is 14.2 Å². The van der Waals surface area contributed by atoms with Gasteiger partial charge in [0, 0.05) is 5.56 Å². The number of ether oxygens (including phenoxy) is 3. The number of hydrogen-bond donors (Lipinski definition) is 0. The third-order valence-corrected chi connectivity index (χ3v) is 5.74. The minimum atomic E-state index is -0.480. The molecule has 0 bridgehead atoms. The number of hydrogen-bond acceptors (Lipinski definition) is 8. The standard InChI is InChI=1S/C20H18N2O6S/c1-3-26-20(25)17-11(2)16-18(29-17)21-10-22(19(16)24)9-13(23)12-4-5-14-15(8-12)28-7-6-27-14/h4-5,8,10H,3,6-7,9H2,1-2H3. The molecule has 0 spiro atoms. The minimum absolute atomic E-state index is 0.175. The molecule has 0 atom stereocenters. The van der Waals surface area contributed by atoms with Gasteiger partial charge in [-0.2, -0.15) is 0 Å². The maximum absolute atomic E-state index is 12.9. The van der Waals surface area contributed by atoms with Crippen molar-refractivity contribution in [1.82, 2.24) is 9.55 Å². The van der Waals surface area contributed by atoms with Gasteiger partial charge in [0.15, 0.2) is 17.3 Å². The van der Waals surface area contributed by atoms with Crippen LogP contribution >= 0.6 is 11.3 Å². The number of nitrogens with zero attached hydrogens (tertiary/aromatic N) is 2. The minimum Gasteiger partial charge on any atom is -0.486 e. The van der Waals surface area contributed by atoms with Gasteiger partial charge in [0.2, 0.25) is 0 Å². The zero-order valence-electron chi connectivity index (χ0n) is 15.9. The molecule has 0 radical (unpaired) electrons. The molecule has 3 heterocycles. The summed E-state index contributed by atoms with van der Waals surface area (Å²) in [6.45, 7) is 4.36. The largest absolute Gasteiger partial charge is 0.486 e. The monoisotopic (exact) mass is 414 g/mol. The van der Waals surface area contributed by atoms with Crippen LogP contribution in [0.4, 0.5) is 0 Å². The van der Waals surface area contributed by atoms with Crippen molar-refractivity contribution < 1.29 is 23.8 Å². The predicted octanol–water partition coefficient (Wildman–Crippen LogP) is 2.60. The number of rotatable bonds is 5. The third kappa shape index (κ3) is 3.49. The maximum atomic E-state index is 12.9. The molecule has 4 rings (SSSR count). The van der Waals surface area contributed by atoms with Crippen LogP contribution < -0.4 is 15.0 Å². The van der Waals surface area contributed by atoms with E-state index in [1.807, 2.05) is 0 Å². The molecule has 1 aromatic carbocycles. The molecule has 3 aromatic rings. The number of thiophene rings is 1. The molecule has 29 heavy (non-hydrogen) atoms. The molecule has 0 fully saturated rings. The van der Waals surface area contributed by atoms with E-state index in [-0.39, 0.29) is 24.5 Å². The highest BCUT2D eigenvalue weighted by Crippen LogP contribution is 2.31. The Morgan fingerprint density at radius 3 is 2.76 bits per heavy atom. The molecule has 8 nitrogen and oxygen atoms in total. The number of carbonyl (C=O) groups excluding carboxylic acids is 2. The van der Waals surface area contributed by atoms with Crippen LogP contribution in [0, 0.1) is 6.92 Å². The quantitative estimate of drug-likeness (QED) is 0.468. The average Bonchev–Trinajstić information content (AvgIpc) is 3.07. The van der Waals surface area contributed by atoms with E-state index in [4.69, 9.17) is 14.2 Å². The summed E-state index contributed by atoms with van der Waals surface area (Å²) in [7, 11) is 0. The van der Waals surface area contributed by atoms with E-state index in [0.29, 0.717) is 50.9 Å². The molecule has 0 aliphatic carbocycles. The van der Waals surface area contributed by atoms with E-state index in [0.717, 1.165) is 11.3 Å². The van der Waals surface area contributed by atoms with Crippen LogP contribution in [-0.2, 0) is 11.3 Å². The second-order valence-corrected chi connectivity index (χ2v) is 7.42. The number of aromatic nitrogens is 2. The second-order valence-electron chi connectivity index (χ2n) is 6.42. The highest BCUT2D eigenvalue weighted by Gasteiger charge is 2.21. The van der Waals surface area contributed by atoms with E-state index in [1.165, 1.54) is 10.9 Å². The van der Waals surface area contributed by atoms with Gasteiger partial charge in [0.05, 0.1) is 24.9 Å². The summed E-state index contributed by atoms with van der Waals surface area (Å²) in [5, 5.41) is 0.329. The van der Waals surface area contributed by atoms with Crippen molar-refractivity contribution in [1.29, 1.82) is 0 Å². The van der Waals surface area contributed by atoms with Crippen molar-refractivity contribution in [2.75, 3.05) is 19.8 Å². The van der Waals surface area contributed by atoms with Gasteiger partial charge in [-0.3, -0.25) is 14.2 Å². The highest BCUT2D eigenvalue weighted by atomic mass is 32.1. The predicted molar refractivity (Wildman–Crippen MR) is 106 cm³/mol. The number of aryl methyl sites for hydroxylation is 1. The molecular weight excluding hydrogens is 396 g/mol. The lowest BCUT2D eigenvalue weighted by Crippen LogP contribution is -2.25. The Balaban J connectivity index is 1.65. The molecule has 2 aromatic heterocycles. The zero-order valence-corrected chi connectivity index (χ0v) is 16.7. The van der Waals surface area contributed by atoms with Crippen LogP contribution in [0.15, 0.2) is 29.3 Å². The van der Waals surface area contributed by atoms with Crippen LogP contribution in [0.3, 0.4) is 0 Å². The number of Topliss-reactive ketones (excluding diaryl/α,β-unsaturated/α-hetero) is 1. The lowest BCUT2D eigenvalue weighted by molar-refractivity contribution is 0.0531. The van der Waals surface area contributed by atoms with Crippen molar-refractivity contribution in [3.05, 3.63) is 50.9 Å². The molecule has 0 unspecified atom stereocenters. The first-order chi connectivity index (χ1) is 14.0. The molecule has 0 amide bonds. The maximum Gasteiger partial charge on any atom is 0.348 e. The van der Waals surface area contributed by atoms with E-state index in [1.54, 1.807) is 32.0 Å². The van der Waals surface area contributed by atoms with Crippen molar-refractivity contribution in [3.63, 3.8) is 0 Å². The smallest absolute Gasteiger partial charge is 0.348 e. The van der Waals surface area contributed by atoms with Gasteiger partial charge in [0.1, 0.15) is 22.9 Å². The molecule has 1 aliphatic heterocycles. The van der Waals surface area contributed by atoms with Crippen molar-refractivity contribution in [2.24, 2.45) is 0 Å². The summed E-state index contributed by atoms with van der Waals surface area (Å²) < 4.78 is 17.2. The number of benzene rings is 1. The van der Waals surface area contributed by atoms with Gasteiger partial charge in [-0.05, 0) is 37.6 Å². The molecule has 1 aliphatic rings. The molecule has 9 heteroatoms. The SMILES string of the molecule is CCOC(=O)c1sc2ncn(CC(=O)c3ccc4c(c3)OCCO4)c(=O)c2c1C. The highest BCUT2D eigenvalue weighted by molar-refractivity contribution is 7.20. The zero-order chi connectivity index (χ0) is 20.5. The fraction of sp³-hybridized carbons (Fsp3) is 0.300. The number of carbonyl (C=O) groups is 2. The summed E-state index contributed by atoms with van der Waals surface area (Å²) >= 11 is 1.11. The Morgan fingerprint density at radius 1 is 1.24 bits per heavy atom. The number of ketones is 1. The summed E-state index contributed by atoms with van der Waals surface area (Å²) in [5.74, 6) is 0.360. The van der Waals surface area contributed by atoms with E-state index in [9.17, 15) is 14.4 Å². The van der Waals surface area contributed by atoms with Gasteiger partial charge in [0.25, 0.3) is 5.56 Å². The fourth-order valence-corrected chi connectivity index (χ4v) is 4.16. The van der Waals surface area contributed by atoms with Crippen LogP contribution in [0.2, 0.25) is 0 Å². The lowest BCUT2D eigenvalue weighted by atomic mass is 10.1. The van der Waals surface area contributed by atoms with Crippen LogP contribution in [0.25, 0.3) is 10.2 Å². The fourth-order valence-electron chi connectivity index (χ4n) is 3.13. The first-order valence-corrected chi connectivity index (χ1v) is 9.89. The first kappa shape index (κ1) is 19.1. The van der Waals surface area contributed by atoms with Crippen LogP contribution in [0.1, 0.15) is 32.5 Å². The van der Waals surface area contributed by atoms with Gasteiger partial charge in [-0.1, -0.05) is 0 Å². The summed E-state index contributed by atoms with van der Waals surface area (Å²) in [6.07, 6.45) is 1.32. The van der Waals surface area contributed by atoms with E-state index < -0.39 is 5.97 Å². The molecule has 0 saturated heterocycles. The Labute approximate surface area is 169 Å². The normalized spacial score (nSPS) is 12.8. The molecule has 150 valence electrons. The Hall–Kier alpha value is -3.20. The van der Waals surface area contributed by atoms with Gasteiger partial charge in [-0.25, -0.2) is 9.78 Å². The Bertz CT molecular complexity index is 1180. The van der Waals surface area contributed by atoms with Crippen LogP contribution in [0.5, 0.6) is 11.5 Å². The summed E-state index contributed by atoms with van der Waals surface area (Å²) in [6, 6.07) is 4.94. The second kappa shape index (κ2) is 7.67. The lowest BCUT2D eigenvalue weighted by Gasteiger charge is -2.18. The van der Waals surface area contributed by atoms with E-state index in [2.05, 4.69) is 4.98 Å².